The molecule has 0 heterocycles. The molecule has 0 aliphatic rings. The standard InChI is InChI=1S/C10H7.2ClH.Sb/c1-2-6-10-8-4-3-7-9(10)5-1;;;/h1-3,5-8H;2*1H;/q;;;+2/p-2. The molecule has 0 N–H and O–H groups in total. The second-order valence-corrected chi connectivity index (χ2v) is 11.3. The minimum absolute atomic E-state index is 1.13. The average Bonchev–Trinajstić information content (AvgIpc) is 2.17. The predicted molar refractivity (Wildman–Crippen MR) is 61.0 cm³/mol. The van der Waals surface area contributed by atoms with Gasteiger partial charge in [0.05, 0.1) is 0 Å². The Morgan fingerprint density at radius 3 is 2.23 bits per heavy atom. The molecule has 2 rings (SSSR count). The van der Waals surface area contributed by atoms with Crippen molar-refractivity contribution < 1.29 is 0 Å². The van der Waals surface area contributed by atoms with Crippen molar-refractivity contribution in [2.24, 2.45) is 0 Å². The van der Waals surface area contributed by atoms with Gasteiger partial charge in [-0.25, -0.2) is 0 Å². The maximum atomic E-state index is 5.95. The van der Waals surface area contributed by atoms with Crippen LogP contribution in [0.4, 0.5) is 0 Å². The van der Waals surface area contributed by atoms with E-state index in [0.717, 1.165) is 3.51 Å². The van der Waals surface area contributed by atoms with Crippen LogP contribution >= 0.6 is 17.7 Å². The zero-order valence-electron chi connectivity index (χ0n) is 6.74. The molecule has 0 fully saturated rings. The van der Waals surface area contributed by atoms with Crippen molar-refractivity contribution >= 4 is 49.9 Å². The van der Waals surface area contributed by atoms with Crippen molar-refractivity contribution in [2.45, 2.75) is 0 Å². The Balaban J connectivity index is 2.62. The molecule has 2 aromatic carbocycles. The van der Waals surface area contributed by atoms with Crippen molar-refractivity contribution in [1.29, 1.82) is 0 Å². The first-order valence-corrected chi connectivity index (χ1v) is 11.6. The van der Waals surface area contributed by atoms with E-state index in [1.54, 1.807) is 0 Å². The van der Waals surface area contributed by atoms with E-state index in [2.05, 4.69) is 24.3 Å². The van der Waals surface area contributed by atoms with E-state index >= 15 is 0 Å². The van der Waals surface area contributed by atoms with E-state index < -0.39 is 17.9 Å². The Kier molecular flexibility index (Phi) is 3.03. The molecule has 0 bridgehead atoms. The molecule has 0 radical (unpaired) electrons. The van der Waals surface area contributed by atoms with Gasteiger partial charge in [0.25, 0.3) is 0 Å². The summed E-state index contributed by atoms with van der Waals surface area (Å²) in [5.41, 5.74) is 0. The first kappa shape index (κ1) is 9.65. The van der Waals surface area contributed by atoms with Crippen molar-refractivity contribution in [3.63, 3.8) is 0 Å². The van der Waals surface area contributed by atoms with Crippen LogP contribution in [0.1, 0.15) is 0 Å². The van der Waals surface area contributed by atoms with Gasteiger partial charge in [0.2, 0.25) is 0 Å². The van der Waals surface area contributed by atoms with E-state index in [0.29, 0.717) is 0 Å². The van der Waals surface area contributed by atoms with Crippen molar-refractivity contribution in [1.82, 2.24) is 0 Å². The van der Waals surface area contributed by atoms with E-state index in [1.807, 2.05) is 18.2 Å². The van der Waals surface area contributed by atoms with Gasteiger partial charge in [-0.15, -0.1) is 0 Å². The van der Waals surface area contributed by atoms with Gasteiger partial charge in [-0.1, -0.05) is 0 Å². The summed E-state index contributed by atoms with van der Waals surface area (Å²) in [6.07, 6.45) is 0. The molecule has 66 valence electrons. The number of halogens is 2. The van der Waals surface area contributed by atoms with Gasteiger partial charge < -0.3 is 0 Å². The third kappa shape index (κ3) is 2.12. The number of hydrogen-bond donors (Lipinski definition) is 0. The molecule has 0 aliphatic carbocycles. The normalized spacial score (nSPS) is 11.0. The maximum absolute atomic E-state index is 5.95. The second kappa shape index (κ2) is 4.09. The van der Waals surface area contributed by atoms with Gasteiger partial charge in [0.1, 0.15) is 0 Å². The van der Waals surface area contributed by atoms with Gasteiger partial charge in [-0.3, -0.25) is 0 Å². The first-order valence-electron chi connectivity index (χ1n) is 3.88. The summed E-state index contributed by atoms with van der Waals surface area (Å²) in [5, 5.41) is 2.46. The Bertz CT molecular complexity index is 426. The molecule has 3 heteroatoms. The molecule has 2 aromatic rings. The zero-order chi connectivity index (χ0) is 9.26. The first-order chi connectivity index (χ1) is 6.27. The molecular weight excluding hydrogens is 313 g/mol. The topological polar surface area (TPSA) is 0 Å². The van der Waals surface area contributed by atoms with Crippen LogP contribution in [0, 0.1) is 0 Å². The summed E-state index contributed by atoms with van der Waals surface area (Å²) in [6, 6.07) is 14.4. The Labute approximate surface area is 91.8 Å². The summed E-state index contributed by atoms with van der Waals surface area (Å²) in [6.45, 7) is 0. The Morgan fingerprint density at radius 2 is 1.54 bits per heavy atom. The molecule has 13 heavy (non-hydrogen) atoms. The number of rotatable bonds is 1. The summed E-state index contributed by atoms with van der Waals surface area (Å²) in [5.74, 6) is 0. The van der Waals surface area contributed by atoms with Crippen LogP contribution < -0.4 is 3.51 Å². The number of hydrogen-bond acceptors (Lipinski definition) is 0. The average molecular weight is 320 g/mol. The third-order valence-corrected chi connectivity index (χ3v) is 6.45. The van der Waals surface area contributed by atoms with Crippen LogP contribution in [0.15, 0.2) is 42.5 Å². The van der Waals surface area contributed by atoms with Gasteiger partial charge in [-0.2, -0.15) is 0 Å². The monoisotopic (exact) mass is 318 g/mol. The Morgan fingerprint density at radius 1 is 0.846 bits per heavy atom. The quantitative estimate of drug-likeness (QED) is 0.709. The fraction of sp³-hybridized carbons (Fsp3) is 0. The SMILES string of the molecule is [Cl][Sb]([Cl])[c]1ccc2ccccc2c1. The van der Waals surface area contributed by atoms with E-state index in [1.165, 1.54) is 10.8 Å². The summed E-state index contributed by atoms with van der Waals surface area (Å²) in [7, 11) is 11.9. The van der Waals surface area contributed by atoms with Crippen LogP contribution in [0.3, 0.4) is 0 Å². The number of benzene rings is 2. The van der Waals surface area contributed by atoms with Crippen LogP contribution in [-0.4, -0.2) is 17.9 Å². The fourth-order valence-electron chi connectivity index (χ4n) is 1.28. The molecule has 0 amide bonds. The van der Waals surface area contributed by atoms with Gasteiger partial charge in [-0.05, 0) is 0 Å². The van der Waals surface area contributed by atoms with Crippen LogP contribution in [-0.2, 0) is 0 Å². The second-order valence-electron chi connectivity index (χ2n) is 2.76. The minimum atomic E-state index is -2.09. The van der Waals surface area contributed by atoms with E-state index in [9.17, 15) is 0 Å². The molecule has 0 nitrogen and oxygen atoms in total. The van der Waals surface area contributed by atoms with Crippen LogP contribution in [0.25, 0.3) is 10.8 Å². The zero-order valence-corrected chi connectivity index (χ0v) is 10.8. The summed E-state index contributed by atoms with van der Waals surface area (Å²) in [4.78, 5) is 0. The predicted octanol–water partition coefficient (Wildman–Crippen LogP) is 3.01. The van der Waals surface area contributed by atoms with Crippen molar-refractivity contribution in [2.75, 3.05) is 0 Å². The van der Waals surface area contributed by atoms with Crippen molar-refractivity contribution in [3.05, 3.63) is 42.5 Å². The number of fused-ring (bicyclic) bond motifs is 1. The van der Waals surface area contributed by atoms with Gasteiger partial charge in [0, 0.05) is 0 Å². The third-order valence-electron chi connectivity index (χ3n) is 1.93. The van der Waals surface area contributed by atoms with Crippen LogP contribution in [0.5, 0.6) is 0 Å². The molecule has 0 saturated carbocycles. The fourth-order valence-corrected chi connectivity index (χ4v) is 3.90. The summed E-state index contributed by atoms with van der Waals surface area (Å²) >= 11 is -2.09. The van der Waals surface area contributed by atoms with Crippen molar-refractivity contribution in [3.8, 4) is 0 Å². The Hall–Kier alpha value is 0.0982. The van der Waals surface area contributed by atoms with Gasteiger partial charge in [0.15, 0.2) is 0 Å². The molecule has 0 atom stereocenters. The van der Waals surface area contributed by atoms with E-state index in [-0.39, 0.29) is 0 Å². The molecule has 0 aliphatic heterocycles. The molecular formula is C10H7Cl2Sb. The molecule has 0 unspecified atom stereocenters. The van der Waals surface area contributed by atoms with Gasteiger partial charge >= 0.3 is 92.3 Å². The molecule has 0 spiro atoms. The molecule has 0 aromatic heterocycles. The van der Waals surface area contributed by atoms with E-state index in [4.69, 9.17) is 17.7 Å². The van der Waals surface area contributed by atoms with Crippen LogP contribution in [0.2, 0.25) is 0 Å². The summed E-state index contributed by atoms with van der Waals surface area (Å²) < 4.78 is 1.13. The molecule has 0 saturated heterocycles.